The Hall–Kier alpha value is -2.87. The van der Waals surface area contributed by atoms with E-state index < -0.39 is 5.97 Å². The second kappa shape index (κ2) is 7.80. The van der Waals surface area contributed by atoms with Crippen molar-refractivity contribution in [2.45, 2.75) is 0 Å². The van der Waals surface area contributed by atoms with Gasteiger partial charge in [-0.25, -0.2) is 9.78 Å². The van der Waals surface area contributed by atoms with Crippen LogP contribution in [-0.2, 0) is 26.5 Å². The maximum absolute atomic E-state index is 11.3. The standard InChI is InChI=1S/C15H14N6O3.Zn/c1-21-8-16-14(20-21)9-4-3-5-11(13(9)24-2)18-10-6-7-17-19-12(10)15(22)23;/h3-8H,1-2H3,(H,17,18)(H,22,23);. The van der Waals surface area contributed by atoms with Gasteiger partial charge < -0.3 is 15.2 Å². The van der Waals surface area contributed by atoms with Gasteiger partial charge in [0, 0.05) is 26.5 Å². The first-order valence-corrected chi connectivity index (χ1v) is 6.95. The monoisotopic (exact) mass is 390 g/mol. The van der Waals surface area contributed by atoms with Crippen molar-refractivity contribution in [3.63, 3.8) is 0 Å². The molecule has 0 saturated carbocycles. The number of ether oxygens (including phenoxy) is 1. The molecular formula is C15H14N6O3Zn. The van der Waals surface area contributed by atoms with Gasteiger partial charge in [0.05, 0.1) is 30.2 Å². The van der Waals surface area contributed by atoms with E-state index in [0.29, 0.717) is 28.5 Å². The summed E-state index contributed by atoms with van der Waals surface area (Å²) in [5, 5.41) is 23.7. The fourth-order valence-electron chi connectivity index (χ4n) is 2.23. The zero-order valence-corrected chi connectivity index (χ0v) is 16.6. The molecule has 0 aliphatic heterocycles. The van der Waals surface area contributed by atoms with E-state index in [2.05, 4.69) is 25.6 Å². The Bertz CT molecular complexity index is 898. The van der Waals surface area contributed by atoms with E-state index in [1.54, 1.807) is 30.2 Å². The molecule has 2 heterocycles. The predicted octanol–water partition coefficient (Wildman–Crippen LogP) is 1.72. The third-order valence-electron chi connectivity index (χ3n) is 3.25. The van der Waals surface area contributed by atoms with Gasteiger partial charge in [0.2, 0.25) is 0 Å². The van der Waals surface area contributed by atoms with Crippen molar-refractivity contribution < 1.29 is 34.1 Å². The van der Waals surface area contributed by atoms with E-state index >= 15 is 0 Å². The number of aromatic carboxylic acids is 1. The number of nitrogens with one attached hydrogen (secondary N) is 1. The first-order valence-electron chi connectivity index (χ1n) is 6.95. The van der Waals surface area contributed by atoms with E-state index in [4.69, 9.17) is 4.74 Å². The molecule has 3 aromatic rings. The molecule has 0 unspecified atom stereocenters. The van der Waals surface area contributed by atoms with E-state index in [0.717, 1.165) is 0 Å². The van der Waals surface area contributed by atoms with Crippen molar-refractivity contribution in [1.29, 1.82) is 0 Å². The summed E-state index contributed by atoms with van der Waals surface area (Å²) in [5.41, 5.74) is 1.38. The molecule has 0 aliphatic rings. The smallest absolute Gasteiger partial charge is 0.358 e. The molecule has 0 amide bonds. The fraction of sp³-hybridized carbons (Fsp3) is 0.133. The molecule has 0 radical (unpaired) electrons. The Labute approximate surface area is 155 Å². The molecule has 0 bridgehead atoms. The molecule has 0 atom stereocenters. The van der Waals surface area contributed by atoms with Crippen LogP contribution in [0, 0.1) is 0 Å². The number of nitrogens with zero attached hydrogens (tertiary/aromatic N) is 5. The number of aryl methyl sites for hydroxylation is 1. The first-order chi connectivity index (χ1) is 11.6. The summed E-state index contributed by atoms with van der Waals surface area (Å²) in [7, 11) is 3.29. The summed E-state index contributed by atoms with van der Waals surface area (Å²) in [4.78, 5) is 15.5. The van der Waals surface area contributed by atoms with Crippen LogP contribution in [-0.4, -0.2) is 43.1 Å². The van der Waals surface area contributed by atoms with Gasteiger partial charge in [0.15, 0.2) is 17.3 Å². The van der Waals surface area contributed by atoms with Crippen molar-refractivity contribution in [3.05, 3.63) is 42.5 Å². The molecular weight excluding hydrogens is 378 g/mol. The molecule has 25 heavy (non-hydrogen) atoms. The molecule has 0 spiro atoms. The molecule has 0 aliphatic carbocycles. The number of aromatic nitrogens is 5. The van der Waals surface area contributed by atoms with Crippen LogP contribution < -0.4 is 10.1 Å². The van der Waals surface area contributed by atoms with Gasteiger partial charge in [0.1, 0.15) is 6.33 Å². The van der Waals surface area contributed by atoms with Crippen LogP contribution in [0.5, 0.6) is 5.75 Å². The number of anilines is 2. The predicted molar refractivity (Wildman–Crippen MR) is 85.3 cm³/mol. The Kier molecular flexibility index (Phi) is 5.77. The molecule has 3 rings (SSSR count). The van der Waals surface area contributed by atoms with Gasteiger partial charge in [-0.3, -0.25) is 4.68 Å². The summed E-state index contributed by atoms with van der Waals surface area (Å²) in [6.45, 7) is 0. The molecule has 1 aromatic carbocycles. The average Bonchev–Trinajstić information content (AvgIpc) is 3.01. The van der Waals surface area contributed by atoms with Crippen molar-refractivity contribution in [2.75, 3.05) is 12.4 Å². The first kappa shape index (κ1) is 18.5. The quantitative estimate of drug-likeness (QED) is 0.632. The number of methoxy groups -OCH3 is 1. The van der Waals surface area contributed by atoms with Crippen LogP contribution >= 0.6 is 0 Å². The van der Waals surface area contributed by atoms with Crippen LogP contribution in [0.1, 0.15) is 10.5 Å². The van der Waals surface area contributed by atoms with Crippen LogP contribution in [0.4, 0.5) is 11.4 Å². The normalized spacial score (nSPS) is 10.0. The number of carboxylic acid groups (broad SMARTS) is 1. The number of carbonyl (C=O) groups is 1. The number of hydrogen-bond donors (Lipinski definition) is 2. The van der Waals surface area contributed by atoms with E-state index in [1.165, 1.54) is 19.4 Å². The average molecular weight is 392 g/mol. The third-order valence-corrected chi connectivity index (χ3v) is 3.25. The molecule has 2 N–H and O–H groups in total. The molecule has 2 aromatic heterocycles. The van der Waals surface area contributed by atoms with Gasteiger partial charge in [-0.05, 0) is 18.2 Å². The van der Waals surface area contributed by atoms with E-state index in [1.807, 2.05) is 6.07 Å². The number of carboxylic acids is 1. The SMILES string of the molecule is COc1c(Nc2ccnnc2C(=O)O)cccc1-c1ncn(C)n1.[Zn]. The van der Waals surface area contributed by atoms with E-state index in [-0.39, 0.29) is 25.2 Å². The number of rotatable bonds is 5. The van der Waals surface area contributed by atoms with Crippen LogP contribution in [0.15, 0.2) is 36.8 Å². The molecule has 0 saturated heterocycles. The number of para-hydroxylation sites is 1. The Morgan fingerprint density at radius 3 is 2.72 bits per heavy atom. The summed E-state index contributed by atoms with van der Waals surface area (Å²) in [5.74, 6) is -0.173. The maximum Gasteiger partial charge on any atom is 0.358 e. The summed E-state index contributed by atoms with van der Waals surface area (Å²) >= 11 is 0. The van der Waals surface area contributed by atoms with Gasteiger partial charge >= 0.3 is 5.97 Å². The zero-order valence-electron chi connectivity index (χ0n) is 13.7. The van der Waals surface area contributed by atoms with Crippen molar-refractivity contribution in [2.24, 2.45) is 7.05 Å². The van der Waals surface area contributed by atoms with Gasteiger partial charge in [-0.1, -0.05) is 6.07 Å². The Morgan fingerprint density at radius 1 is 1.28 bits per heavy atom. The zero-order chi connectivity index (χ0) is 17.1. The second-order valence-electron chi connectivity index (χ2n) is 4.85. The topological polar surface area (TPSA) is 115 Å². The second-order valence-corrected chi connectivity index (χ2v) is 4.85. The van der Waals surface area contributed by atoms with Crippen molar-refractivity contribution >= 4 is 17.3 Å². The largest absolute Gasteiger partial charge is 0.494 e. The minimum atomic E-state index is -1.17. The van der Waals surface area contributed by atoms with Crippen molar-refractivity contribution in [3.8, 4) is 17.1 Å². The van der Waals surface area contributed by atoms with Crippen LogP contribution in [0.25, 0.3) is 11.4 Å². The van der Waals surface area contributed by atoms with Crippen LogP contribution in [0.2, 0.25) is 0 Å². The Morgan fingerprint density at radius 2 is 2.08 bits per heavy atom. The van der Waals surface area contributed by atoms with Gasteiger partial charge in [-0.15, -0.1) is 5.10 Å². The third kappa shape index (κ3) is 3.80. The van der Waals surface area contributed by atoms with Crippen LogP contribution in [0.3, 0.4) is 0 Å². The molecule has 10 heteroatoms. The van der Waals surface area contributed by atoms with Crippen molar-refractivity contribution in [1.82, 2.24) is 25.0 Å². The molecule has 0 fully saturated rings. The summed E-state index contributed by atoms with van der Waals surface area (Å²) in [6, 6.07) is 6.91. The number of hydrogen-bond acceptors (Lipinski definition) is 7. The minimum Gasteiger partial charge on any atom is -0.494 e. The minimum absolute atomic E-state index is 0. The number of benzene rings is 1. The fourth-order valence-corrected chi connectivity index (χ4v) is 2.23. The molecule has 124 valence electrons. The van der Waals surface area contributed by atoms with Gasteiger partial charge in [0.25, 0.3) is 0 Å². The molecule has 9 nitrogen and oxygen atoms in total. The Balaban J connectivity index is 0.00000225. The summed E-state index contributed by atoms with van der Waals surface area (Å²) < 4.78 is 7.06. The summed E-state index contributed by atoms with van der Waals surface area (Å²) in [6.07, 6.45) is 3.00. The van der Waals surface area contributed by atoms with E-state index in [9.17, 15) is 9.90 Å². The van der Waals surface area contributed by atoms with Gasteiger partial charge in [-0.2, -0.15) is 10.2 Å². The maximum atomic E-state index is 11.3.